The van der Waals surface area contributed by atoms with Gasteiger partial charge in [0.2, 0.25) is 0 Å². The number of aromatic nitrogens is 2. The van der Waals surface area contributed by atoms with E-state index >= 15 is 0 Å². The van der Waals surface area contributed by atoms with Crippen molar-refractivity contribution < 1.29 is 0 Å². The molecule has 2 unspecified atom stereocenters. The van der Waals surface area contributed by atoms with Crippen LogP contribution in [-0.2, 0) is 0 Å². The first-order valence-electron chi connectivity index (χ1n) is 5.00. The Labute approximate surface area is 97.0 Å². The van der Waals surface area contributed by atoms with Crippen molar-refractivity contribution in [1.82, 2.24) is 9.97 Å². The lowest BCUT2D eigenvalue weighted by molar-refractivity contribution is 0.773. The second kappa shape index (κ2) is 4.32. The Kier molecular flexibility index (Phi) is 3.06. The molecule has 0 bridgehead atoms. The van der Waals surface area contributed by atoms with Gasteiger partial charge in [-0.15, -0.1) is 0 Å². The Morgan fingerprint density at radius 1 is 1.53 bits per heavy atom. The van der Waals surface area contributed by atoms with Crippen LogP contribution in [0.1, 0.15) is 19.8 Å². The van der Waals surface area contributed by atoms with Crippen molar-refractivity contribution in [2.45, 2.75) is 25.8 Å². The molecule has 15 heavy (non-hydrogen) atoms. The SMILES string of the molecule is CCC1CC1Nc1ncnc(NN)c1Br. The number of halogens is 1. The van der Waals surface area contributed by atoms with Crippen LogP contribution in [-0.4, -0.2) is 16.0 Å². The van der Waals surface area contributed by atoms with Crippen LogP contribution in [0.5, 0.6) is 0 Å². The van der Waals surface area contributed by atoms with E-state index in [1.54, 1.807) is 0 Å². The molecule has 0 spiro atoms. The molecule has 0 amide bonds. The summed E-state index contributed by atoms with van der Waals surface area (Å²) < 4.78 is 0.786. The summed E-state index contributed by atoms with van der Waals surface area (Å²) >= 11 is 3.41. The highest BCUT2D eigenvalue weighted by molar-refractivity contribution is 9.10. The number of nitrogens with one attached hydrogen (secondary N) is 2. The molecule has 4 N–H and O–H groups in total. The first kappa shape index (κ1) is 10.6. The molecule has 1 aromatic heterocycles. The lowest BCUT2D eigenvalue weighted by atomic mass is 10.3. The molecule has 0 saturated heterocycles. The minimum Gasteiger partial charge on any atom is -0.366 e. The third-order valence-corrected chi connectivity index (χ3v) is 3.45. The van der Waals surface area contributed by atoms with Crippen molar-refractivity contribution in [3.8, 4) is 0 Å². The largest absolute Gasteiger partial charge is 0.366 e. The molecule has 5 nitrogen and oxygen atoms in total. The minimum atomic E-state index is 0.548. The van der Waals surface area contributed by atoms with Gasteiger partial charge >= 0.3 is 0 Å². The predicted molar refractivity (Wildman–Crippen MR) is 63.4 cm³/mol. The normalized spacial score (nSPS) is 23.7. The van der Waals surface area contributed by atoms with Gasteiger partial charge in [0.25, 0.3) is 0 Å². The van der Waals surface area contributed by atoms with Gasteiger partial charge in [-0.05, 0) is 28.3 Å². The van der Waals surface area contributed by atoms with E-state index in [-0.39, 0.29) is 0 Å². The highest BCUT2D eigenvalue weighted by Gasteiger charge is 2.35. The summed E-state index contributed by atoms with van der Waals surface area (Å²) in [5.41, 5.74) is 2.52. The van der Waals surface area contributed by atoms with Crippen LogP contribution in [0.25, 0.3) is 0 Å². The molecule has 1 fully saturated rings. The highest BCUT2D eigenvalue weighted by atomic mass is 79.9. The van der Waals surface area contributed by atoms with Crippen LogP contribution in [0.3, 0.4) is 0 Å². The van der Waals surface area contributed by atoms with Crippen molar-refractivity contribution in [3.05, 3.63) is 10.8 Å². The second-order valence-electron chi connectivity index (χ2n) is 3.68. The summed E-state index contributed by atoms with van der Waals surface area (Å²) in [5.74, 6) is 7.50. The second-order valence-corrected chi connectivity index (χ2v) is 4.48. The average molecular weight is 272 g/mol. The smallest absolute Gasteiger partial charge is 0.159 e. The van der Waals surface area contributed by atoms with Gasteiger partial charge in [0.15, 0.2) is 5.82 Å². The Morgan fingerprint density at radius 2 is 2.27 bits per heavy atom. The quantitative estimate of drug-likeness (QED) is 0.575. The number of hydrogen-bond donors (Lipinski definition) is 3. The van der Waals surface area contributed by atoms with Crippen molar-refractivity contribution in [3.63, 3.8) is 0 Å². The van der Waals surface area contributed by atoms with Crippen LogP contribution in [0.4, 0.5) is 11.6 Å². The zero-order chi connectivity index (χ0) is 10.8. The molecule has 2 atom stereocenters. The summed E-state index contributed by atoms with van der Waals surface area (Å²) in [4.78, 5) is 8.16. The Bertz CT molecular complexity index is 356. The van der Waals surface area contributed by atoms with Crippen LogP contribution < -0.4 is 16.6 Å². The maximum atomic E-state index is 5.32. The van der Waals surface area contributed by atoms with Crippen LogP contribution in [0.2, 0.25) is 0 Å². The van der Waals surface area contributed by atoms with Gasteiger partial charge < -0.3 is 10.7 Å². The number of nitrogens with two attached hydrogens (primary N) is 1. The van der Waals surface area contributed by atoms with Crippen LogP contribution >= 0.6 is 15.9 Å². The van der Waals surface area contributed by atoms with E-state index in [0.717, 1.165) is 16.2 Å². The van der Waals surface area contributed by atoms with Gasteiger partial charge in [-0.3, -0.25) is 0 Å². The molecule has 1 aliphatic carbocycles. The summed E-state index contributed by atoms with van der Waals surface area (Å²) in [5, 5.41) is 3.37. The Hall–Kier alpha value is -0.880. The maximum Gasteiger partial charge on any atom is 0.159 e. The molecule has 1 heterocycles. The number of anilines is 2. The van der Waals surface area contributed by atoms with Crippen molar-refractivity contribution in [1.29, 1.82) is 0 Å². The number of hydrazine groups is 1. The summed E-state index contributed by atoms with van der Waals surface area (Å²) in [6.07, 6.45) is 3.92. The van der Waals surface area contributed by atoms with Gasteiger partial charge in [-0.25, -0.2) is 15.8 Å². The predicted octanol–water partition coefficient (Wildman–Crippen LogP) is 1.74. The van der Waals surface area contributed by atoms with E-state index in [1.807, 2.05) is 0 Å². The van der Waals surface area contributed by atoms with E-state index in [4.69, 9.17) is 5.84 Å². The summed E-state index contributed by atoms with van der Waals surface area (Å²) in [6.45, 7) is 2.20. The first-order chi connectivity index (χ1) is 7.26. The van der Waals surface area contributed by atoms with E-state index < -0.39 is 0 Å². The topological polar surface area (TPSA) is 75.9 Å². The van der Waals surface area contributed by atoms with Gasteiger partial charge in [-0.2, -0.15) is 0 Å². The standard InChI is InChI=1S/C9H14BrN5/c1-2-5-3-6(5)14-8-7(10)9(15-11)13-4-12-8/h4-6H,2-3,11H2,1H3,(H2,12,13,14,15). The number of nitrogens with zero attached hydrogens (tertiary/aromatic N) is 2. The van der Waals surface area contributed by atoms with Gasteiger partial charge in [0, 0.05) is 6.04 Å². The summed E-state index contributed by atoms with van der Waals surface area (Å²) in [6, 6.07) is 0.548. The fraction of sp³-hybridized carbons (Fsp3) is 0.556. The highest BCUT2D eigenvalue weighted by Crippen LogP contribution is 2.37. The molecule has 0 aromatic carbocycles. The van der Waals surface area contributed by atoms with E-state index in [9.17, 15) is 0 Å². The van der Waals surface area contributed by atoms with Gasteiger partial charge in [-0.1, -0.05) is 13.3 Å². The van der Waals surface area contributed by atoms with Crippen molar-refractivity contribution in [2.75, 3.05) is 10.7 Å². The monoisotopic (exact) mass is 271 g/mol. The Balaban J connectivity index is 2.08. The number of rotatable bonds is 4. The van der Waals surface area contributed by atoms with Crippen LogP contribution in [0, 0.1) is 5.92 Å². The first-order valence-corrected chi connectivity index (χ1v) is 5.79. The average Bonchev–Trinajstić information content (AvgIpc) is 3.00. The number of hydrogen-bond acceptors (Lipinski definition) is 5. The molecule has 2 rings (SSSR count). The van der Waals surface area contributed by atoms with E-state index in [1.165, 1.54) is 19.2 Å². The third-order valence-electron chi connectivity index (χ3n) is 2.70. The lowest BCUT2D eigenvalue weighted by Crippen LogP contribution is -2.12. The van der Waals surface area contributed by atoms with Gasteiger partial charge in [0.05, 0.1) is 0 Å². The zero-order valence-electron chi connectivity index (χ0n) is 8.50. The third kappa shape index (κ3) is 2.21. The van der Waals surface area contributed by atoms with Crippen molar-refractivity contribution in [2.24, 2.45) is 11.8 Å². The molecular formula is C9H14BrN5. The molecule has 1 saturated carbocycles. The van der Waals surface area contributed by atoms with E-state index in [0.29, 0.717) is 11.9 Å². The molecule has 0 aliphatic heterocycles. The molecule has 1 aliphatic rings. The van der Waals surface area contributed by atoms with Gasteiger partial charge in [0.1, 0.15) is 16.6 Å². The maximum absolute atomic E-state index is 5.32. The molecule has 0 radical (unpaired) electrons. The fourth-order valence-corrected chi connectivity index (χ4v) is 2.06. The number of nitrogen functional groups attached to an aromatic ring is 1. The van der Waals surface area contributed by atoms with E-state index in [2.05, 4.69) is 43.6 Å². The zero-order valence-corrected chi connectivity index (χ0v) is 10.1. The molecule has 6 heteroatoms. The molecular weight excluding hydrogens is 258 g/mol. The molecule has 1 aromatic rings. The van der Waals surface area contributed by atoms with Crippen LogP contribution in [0.15, 0.2) is 10.8 Å². The fourth-order valence-electron chi connectivity index (χ4n) is 1.62. The lowest BCUT2D eigenvalue weighted by Gasteiger charge is -2.09. The molecule has 82 valence electrons. The Morgan fingerprint density at radius 3 is 2.87 bits per heavy atom. The summed E-state index contributed by atoms with van der Waals surface area (Å²) in [7, 11) is 0. The van der Waals surface area contributed by atoms with Crippen molar-refractivity contribution >= 4 is 27.6 Å². The minimum absolute atomic E-state index is 0.548.